The second kappa shape index (κ2) is 9.22. The maximum Gasteiger partial charge on any atom is 0.313 e. The molecule has 0 bridgehead atoms. The first-order valence-corrected chi connectivity index (χ1v) is 9.35. The lowest BCUT2D eigenvalue weighted by Gasteiger charge is -2.32. The number of rotatable bonds is 9. The Kier molecular flexibility index (Phi) is 7.95. The summed E-state index contributed by atoms with van der Waals surface area (Å²) in [5, 5.41) is 0. The number of hydrogen-bond donors (Lipinski definition) is 0. The van der Waals surface area contributed by atoms with Crippen molar-refractivity contribution in [3.63, 3.8) is 0 Å². The van der Waals surface area contributed by atoms with E-state index in [1.807, 2.05) is 0 Å². The Hall–Kier alpha value is -1.35. The molecule has 0 aliphatic rings. The zero-order valence-electron chi connectivity index (χ0n) is 16.7. The predicted octanol–water partition coefficient (Wildman–Crippen LogP) is 4.46. The molecule has 0 radical (unpaired) electrons. The van der Waals surface area contributed by atoms with Crippen molar-refractivity contribution in [2.75, 3.05) is 33.3 Å². The molecule has 1 aromatic carbocycles. The first-order chi connectivity index (χ1) is 11.3. The Balaban J connectivity index is 2.85. The van der Waals surface area contributed by atoms with Crippen molar-refractivity contribution in [2.45, 2.75) is 53.9 Å². The van der Waals surface area contributed by atoms with Crippen molar-refractivity contribution in [2.24, 2.45) is 5.92 Å². The number of quaternary nitrogens is 1. The van der Waals surface area contributed by atoms with Gasteiger partial charge in [0.25, 0.3) is 0 Å². The number of carbonyl (C=O) groups is 1. The van der Waals surface area contributed by atoms with Crippen LogP contribution in [0.25, 0.3) is 0 Å². The van der Waals surface area contributed by atoms with Crippen molar-refractivity contribution in [1.29, 1.82) is 0 Å². The topological polar surface area (TPSA) is 26.3 Å². The van der Waals surface area contributed by atoms with Crippen molar-refractivity contribution in [3.8, 4) is 0 Å². The van der Waals surface area contributed by atoms with Crippen LogP contribution < -0.4 is 0 Å². The maximum absolute atomic E-state index is 12.8. The van der Waals surface area contributed by atoms with Crippen molar-refractivity contribution in [1.82, 2.24) is 0 Å². The monoisotopic (exact) mass is 334 g/mol. The van der Waals surface area contributed by atoms with E-state index in [4.69, 9.17) is 4.74 Å². The summed E-state index contributed by atoms with van der Waals surface area (Å²) in [5.41, 5.74) is 3.57. The van der Waals surface area contributed by atoms with Crippen LogP contribution in [-0.2, 0) is 9.53 Å². The molecule has 24 heavy (non-hydrogen) atoms. The number of hydrogen-bond acceptors (Lipinski definition) is 2. The third kappa shape index (κ3) is 5.34. The summed E-state index contributed by atoms with van der Waals surface area (Å²) in [5.74, 6) is 0.0282. The number of nitrogens with zero attached hydrogens (tertiary/aromatic N) is 1. The fourth-order valence-electron chi connectivity index (χ4n) is 2.89. The van der Waals surface area contributed by atoms with Crippen LogP contribution in [0.1, 0.15) is 56.7 Å². The van der Waals surface area contributed by atoms with Crippen molar-refractivity contribution >= 4 is 5.97 Å². The molecule has 0 fully saturated rings. The third-order valence-electron chi connectivity index (χ3n) is 5.76. The minimum absolute atomic E-state index is 0.0774. The molecule has 0 unspecified atom stereocenters. The molecule has 0 N–H and O–H groups in total. The standard InChI is InChI=1S/C21H36NO2/c1-8-16(4)20(19-12-11-17(5)18(6)15-19)21(23)24-14-13-22(7,9-2)10-3/h11-12,15-16,20H,8-10,13-14H2,1-7H3/q+1/t16-,20-/m0/s1. The van der Waals surface area contributed by atoms with Crippen LogP contribution >= 0.6 is 0 Å². The molecule has 2 atom stereocenters. The summed E-state index contributed by atoms with van der Waals surface area (Å²) >= 11 is 0. The van der Waals surface area contributed by atoms with Gasteiger partial charge in [0, 0.05) is 0 Å². The van der Waals surface area contributed by atoms with E-state index in [0.29, 0.717) is 6.61 Å². The van der Waals surface area contributed by atoms with Gasteiger partial charge >= 0.3 is 5.97 Å². The molecular weight excluding hydrogens is 298 g/mol. The molecule has 0 saturated heterocycles. The van der Waals surface area contributed by atoms with Crippen LogP contribution in [0.15, 0.2) is 18.2 Å². The third-order valence-corrected chi connectivity index (χ3v) is 5.76. The van der Waals surface area contributed by atoms with E-state index in [9.17, 15) is 4.79 Å². The van der Waals surface area contributed by atoms with Crippen molar-refractivity contribution < 1.29 is 14.0 Å². The van der Waals surface area contributed by atoms with E-state index >= 15 is 0 Å². The van der Waals surface area contributed by atoms with Gasteiger partial charge in [-0.1, -0.05) is 38.5 Å². The van der Waals surface area contributed by atoms with E-state index < -0.39 is 0 Å². The normalized spacial score (nSPS) is 14.3. The second-order valence-electron chi connectivity index (χ2n) is 7.35. The average Bonchev–Trinajstić information content (AvgIpc) is 2.57. The lowest BCUT2D eigenvalue weighted by molar-refractivity contribution is -0.906. The molecule has 0 spiro atoms. The average molecular weight is 335 g/mol. The first-order valence-electron chi connectivity index (χ1n) is 9.35. The van der Waals surface area contributed by atoms with Crippen LogP contribution in [0.4, 0.5) is 0 Å². The quantitative estimate of drug-likeness (QED) is 0.492. The zero-order valence-corrected chi connectivity index (χ0v) is 16.7. The second-order valence-corrected chi connectivity index (χ2v) is 7.35. The molecule has 0 aliphatic carbocycles. The Morgan fingerprint density at radius 1 is 1.12 bits per heavy atom. The van der Waals surface area contributed by atoms with Gasteiger partial charge in [-0.2, -0.15) is 0 Å². The summed E-state index contributed by atoms with van der Waals surface area (Å²) in [6, 6.07) is 6.33. The van der Waals surface area contributed by atoms with Crippen LogP contribution in [0.2, 0.25) is 0 Å². The Bertz CT molecular complexity index is 535. The summed E-state index contributed by atoms with van der Waals surface area (Å²) < 4.78 is 6.63. The highest BCUT2D eigenvalue weighted by molar-refractivity contribution is 5.78. The number of esters is 1. The molecule has 1 aromatic rings. The van der Waals surface area contributed by atoms with Crippen molar-refractivity contribution in [3.05, 3.63) is 34.9 Å². The highest BCUT2D eigenvalue weighted by Gasteiger charge is 2.28. The van der Waals surface area contributed by atoms with Gasteiger partial charge in [0.05, 0.1) is 26.1 Å². The van der Waals surface area contributed by atoms with Crippen LogP contribution in [-0.4, -0.2) is 43.7 Å². The summed E-state index contributed by atoms with van der Waals surface area (Å²) in [6.45, 7) is 16.3. The fraction of sp³-hybridized carbons (Fsp3) is 0.667. The van der Waals surface area contributed by atoms with E-state index in [1.165, 1.54) is 11.1 Å². The van der Waals surface area contributed by atoms with Gasteiger partial charge in [-0.25, -0.2) is 0 Å². The van der Waals surface area contributed by atoms with Crippen LogP contribution in [0, 0.1) is 19.8 Å². The SMILES string of the molecule is CC[C@H](C)[C@H](C(=O)OCC[N+](C)(CC)CC)c1ccc(C)c(C)c1. The highest BCUT2D eigenvalue weighted by Crippen LogP contribution is 2.29. The lowest BCUT2D eigenvalue weighted by atomic mass is 9.84. The first kappa shape index (κ1) is 20.7. The van der Waals surface area contributed by atoms with Crippen LogP contribution in [0.3, 0.4) is 0 Å². The van der Waals surface area contributed by atoms with E-state index in [1.54, 1.807) is 0 Å². The van der Waals surface area contributed by atoms with E-state index in [0.717, 1.165) is 36.1 Å². The van der Waals surface area contributed by atoms with Gasteiger partial charge in [0.15, 0.2) is 0 Å². The highest BCUT2D eigenvalue weighted by atomic mass is 16.5. The largest absolute Gasteiger partial charge is 0.459 e. The Morgan fingerprint density at radius 3 is 2.25 bits per heavy atom. The van der Waals surface area contributed by atoms with E-state index in [-0.39, 0.29) is 17.8 Å². The number of carbonyl (C=O) groups excluding carboxylic acids is 1. The van der Waals surface area contributed by atoms with Gasteiger partial charge in [0.1, 0.15) is 13.2 Å². The molecule has 0 aromatic heterocycles. The van der Waals surface area contributed by atoms with Gasteiger partial charge in [0.2, 0.25) is 0 Å². The smallest absolute Gasteiger partial charge is 0.313 e. The van der Waals surface area contributed by atoms with Gasteiger partial charge < -0.3 is 9.22 Å². The lowest BCUT2D eigenvalue weighted by Crippen LogP contribution is -2.46. The molecule has 0 aliphatic heterocycles. The summed E-state index contributed by atoms with van der Waals surface area (Å²) in [4.78, 5) is 12.8. The molecule has 1 rings (SSSR count). The van der Waals surface area contributed by atoms with E-state index in [2.05, 4.69) is 66.8 Å². The number of ether oxygens (including phenoxy) is 1. The number of likely N-dealkylation sites (N-methyl/N-ethyl adjacent to an activating group) is 1. The minimum atomic E-state index is -0.170. The zero-order chi connectivity index (χ0) is 18.3. The Morgan fingerprint density at radius 2 is 1.75 bits per heavy atom. The molecule has 3 nitrogen and oxygen atoms in total. The van der Waals surface area contributed by atoms with Gasteiger partial charge in [-0.05, 0) is 50.3 Å². The summed E-state index contributed by atoms with van der Waals surface area (Å²) in [6.07, 6.45) is 0.963. The fourth-order valence-corrected chi connectivity index (χ4v) is 2.89. The Labute approximate surface area is 148 Å². The molecule has 136 valence electrons. The molecule has 0 amide bonds. The molecule has 0 saturated carbocycles. The number of aryl methyl sites for hydroxylation is 2. The molecule has 3 heteroatoms. The van der Waals surface area contributed by atoms with Gasteiger partial charge in [-0.3, -0.25) is 4.79 Å². The maximum atomic E-state index is 12.8. The van der Waals surface area contributed by atoms with Crippen LogP contribution in [0.5, 0.6) is 0 Å². The number of benzene rings is 1. The summed E-state index contributed by atoms with van der Waals surface area (Å²) in [7, 11) is 2.21. The van der Waals surface area contributed by atoms with Gasteiger partial charge in [-0.15, -0.1) is 0 Å². The minimum Gasteiger partial charge on any atom is -0.459 e. The molecular formula is C21H36NO2+. The predicted molar refractivity (Wildman–Crippen MR) is 101 cm³/mol. The molecule has 0 heterocycles.